The predicted octanol–water partition coefficient (Wildman–Crippen LogP) is 3.41. The summed E-state index contributed by atoms with van der Waals surface area (Å²) in [6.45, 7) is 0.991. The molecule has 114 valence electrons. The second-order valence-corrected chi connectivity index (χ2v) is 6.64. The molecule has 6 heteroatoms. The smallest absolute Gasteiger partial charge is 0.239 e. The Morgan fingerprint density at radius 2 is 2.09 bits per heavy atom. The Bertz CT molecular complexity index is 673. The van der Waals surface area contributed by atoms with Gasteiger partial charge in [-0.1, -0.05) is 12.1 Å². The van der Waals surface area contributed by atoms with Crippen LogP contribution in [0.4, 0.5) is 5.00 Å². The fraction of sp³-hybridized carbons (Fsp3) is 0.250. The molecule has 0 bridgehead atoms. The molecule has 0 saturated carbocycles. The normalized spacial score (nSPS) is 10.5. The highest BCUT2D eigenvalue weighted by molar-refractivity contribution is 7.98. The quantitative estimate of drug-likeness (QED) is 0.824. The number of carbonyl (C=O) groups excluding carboxylic acids is 1. The van der Waals surface area contributed by atoms with E-state index >= 15 is 0 Å². The molecule has 22 heavy (non-hydrogen) atoms. The van der Waals surface area contributed by atoms with E-state index < -0.39 is 0 Å². The van der Waals surface area contributed by atoms with Gasteiger partial charge in [0.1, 0.15) is 11.1 Å². The van der Waals surface area contributed by atoms with Crippen molar-refractivity contribution in [3.8, 4) is 6.07 Å². The standard InChI is InChI=1S/C16H17N3OS2/c1-19(10-12-3-5-14(21-2)6-4-12)11-15(20)18-16-13(9-17)7-8-22-16/h3-8H,10-11H2,1-2H3,(H,18,20). The average Bonchev–Trinajstić information content (AvgIpc) is 2.94. The number of thioether (sulfide) groups is 1. The largest absolute Gasteiger partial charge is 0.315 e. The Morgan fingerprint density at radius 1 is 1.36 bits per heavy atom. The molecule has 1 N–H and O–H groups in total. The molecule has 0 aliphatic rings. The molecule has 0 atom stereocenters. The van der Waals surface area contributed by atoms with Gasteiger partial charge in [0.25, 0.3) is 0 Å². The van der Waals surface area contributed by atoms with E-state index in [2.05, 4.69) is 35.7 Å². The zero-order chi connectivity index (χ0) is 15.9. The number of nitrogens with zero attached hydrogens (tertiary/aromatic N) is 2. The Labute approximate surface area is 138 Å². The molecule has 1 amide bonds. The maximum atomic E-state index is 12.0. The monoisotopic (exact) mass is 331 g/mol. The molecule has 0 aliphatic heterocycles. The van der Waals surface area contributed by atoms with Gasteiger partial charge < -0.3 is 5.32 Å². The summed E-state index contributed by atoms with van der Waals surface area (Å²) >= 11 is 3.07. The Balaban J connectivity index is 1.87. The van der Waals surface area contributed by atoms with E-state index in [0.717, 1.165) is 0 Å². The topological polar surface area (TPSA) is 56.1 Å². The number of thiophene rings is 1. The van der Waals surface area contributed by atoms with Crippen LogP contribution in [-0.2, 0) is 11.3 Å². The van der Waals surface area contributed by atoms with Crippen LogP contribution in [0, 0.1) is 11.3 Å². The van der Waals surface area contributed by atoms with Gasteiger partial charge in [0, 0.05) is 11.4 Å². The summed E-state index contributed by atoms with van der Waals surface area (Å²) in [5.74, 6) is -0.109. The fourth-order valence-electron chi connectivity index (χ4n) is 2.00. The third-order valence-electron chi connectivity index (χ3n) is 3.06. The second kappa shape index (κ2) is 7.99. The number of hydrogen-bond acceptors (Lipinski definition) is 5. The number of rotatable bonds is 6. The van der Waals surface area contributed by atoms with E-state index in [0.29, 0.717) is 17.1 Å². The summed E-state index contributed by atoms with van der Waals surface area (Å²) in [5.41, 5.74) is 1.68. The Morgan fingerprint density at radius 3 is 2.73 bits per heavy atom. The van der Waals surface area contributed by atoms with Crippen LogP contribution in [0.3, 0.4) is 0 Å². The third-order valence-corrected chi connectivity index (χ3v) is 4.64. The Hall–Kier alpha value is -1.81. The molecule has 0 aliphatic carbocycles. The molecule has 2 rings (SSSR count). The number of hydrogen-bond donors (Lipinski definition) is 1. The second-order valence-electron chi connectivity index (χ2n) is 4.84. The van der Waals surface area contributed by atoms with Gasteiger partial charge in [0.15, 0.2) is 0 Å². The summed E-state index contributed by atoms with van der Waals surface area (Å²) < 4.78 is 0. The number of carbonyl (C=O) groups is 1. The zero-order valence-corrected chi connectivity index (χ0v) is 14.1. The molecular weight excluding hydrogens is 314 g/mol. The van der Waals surface area contributed by atoms with Crippen molar-refractivity contribution >= 4 is 34.0 Å². The van der Waals surface area contributed by atoms with Crippen molar-refractivity contribution in [2.45, 2.75) is 11.4 Å². The van der Waals surface area contributed by atoms with Crippen molar-refractivity contribution < 1.29 is 4.79 Å². The van der Waals surface area contributed by atoms with Crippen LogP contribution < -0.4 is 5.32 Å². The molecule has 0 radical (unpaired) electrons. The van der Waals surface area contributed by atoms with Gasteiger partial charge in [-0.2, -0.15) is 5.26 Å². The summed E-state index contributed by atoms with van der Waals surface area (Å²) in [7, 11) is 1.90. The van der Waals surface area contributed by atoms with Crippen LogP contribution in [0.15, 0.2) is 40.6 Å². The first-order valence-corrected chi connectivity index (χ1v) is 8.81. The molecule has 1 aromatic carbocycles. The fourth-order valence-corrected chi connectivity index (χ4v) is 3.17. The minimum Gasteiger partial charge on any atom is -0.315 e. The lowest BCUT2D eigenvalue weighted by Gasteiger charge is -2.16. The summed E-state index contributed by atoms with van der Waals surface area (Å²) in [6, 6.07) is 12.1. The molecule has 0 fully saturated rings. The molecule has 0 saturated heterocycles. The van der Waals surface area contributed by atoms with Crippen molar-refractivity contribution in [2.75, 3.05) is 25.2 Å². The summed E-state index contributed by atoms with van der Waals surface area (Å²) in [6.07, 6.45) is 2.05. The minimum atomic E-state index is -0.109. The number of nitriles is 1. The Kier molecular flexibility index (Phi) is 6.01. The van der Waals surface area contributed by atoms with Gasteiger partial charge in [0.2, 0.25) is 5.91 Å². The van der Waals surface area contributed by atoms with E-state index in [4.69, 9.17) is 5.26 Å². The molecule has 1 aromatic heterocycles. The molecule has 1 heterocycles. The highest BCUT2D eigenvalue weighted by atomic mass is 32.2. The van der Waals surface area contributed by atoms with E-state index in [9.17, 15) is 4.79 Å². The van der Waals surface area contributed by atoms with Crippen LogP contribution in [-0.4, -0.2) is 30.7 Å². The van der Waals surface area contributed by atoms with Crippen molar-refractivity contribution in [3.05, 3.63) is 46.8 Å². The lowest BCUT2D eigenvalue weighted by molar-refractivity contribution is -0.117. The van der Waals surface area contributed by atoms with Gasteiger partial charge in [-0.25, -0.2) is 0 Å². The summed E-state index contributed by atoms with van der Waals surface area (Å²) in [4.78, 5) is 15.2. The van der Waals surface area contributed by atoms with Crippen molar-refractivity contribution in [1.29, 1.82) is 5.26 Å². The van der Waals surface area contributed by atoms with Crippen LogP contribution in [0.25, 0.3) is 0 Å². The SMILES string of the molecule is CSc1ccc(CN(C)CC(=O)Nc2sccc2C#N)cc1. The van der Waals surface area contributed by atoms with Crippen LogP contribution in [0.5, 0.6) is 0 Å². The summed E-state index contributed by atoms with van der Waals surface area (Å²) in [5, 5.41) is 14.1. The molecule has 0 spiro atoms. The average molecular weight is 331 g/mol. The highest BCUT2D eigenvalue weighted by Crippen LogP contribution is 2.22. The molecule has 0 unspecified atom stereocenters. The maximum Gasteiger partial charge on any atom is 0.239 e. The first-order valence-electron chi connectivity index (χ1n) is 6.71. The lowest BCUT2D eigenvalue weighted by atomic mass is 10.2. The van der Waals surface area contributed by atoms with Gasteiger partial charge >= 0.3 is 0 Å². The van der Waals surface area contributed by atoms with Crippen LogP contribution in [0.1, 0.15) is 11.1 Å². The zero-order valence-electron chi connectivity index (χ0n) is 12.5. The number of anilines is 1. The van der Waals surface area contributed by atoms with E-state index in [1.165, 1.54) is 21.8 Å². The minimum absolute atomic E-state index is 0.109. The van der Waals surface area contributed by atoms with Crippen molar-refractivity contribution in [3.63, 3.8) is 0 Å². The van der Waals surface area contributed by atoms with Crippen molar-refractivity contribution in [1.82, 2.24) is 4.90 Å². The van der Waals surface area contributed by atoms with Crippen LogP contribution >= 0.6 is 23.1 Å². The number of nitrogens with one attached hydrogen (secondary N) is 1. The van der Waals surface area contributed by atoms with E-state index in [1.54, 1.807) is 23.2 Å². The molecule has 2 aromatic rings. The van der Waals surface area contributed by atoms with E-state index in [-0.39, 0.29) is 12.5 Å². The lowest BCUT2D eigenvalue weighted by Crippen LogP contribution is -2.29. The highest BCUT2D eigenvalue weighted by Gasteiger charge is 2.11. The van der Waals surface area contributed by atoms with Gasteiger partial charge in [-0.3, -0.25) is 9.69 Å². The van der Waals surface area contributed by atoms with Gasteiger partial charge in [-0.15, -0.1) is 23.1 Å². The number of likely N-dealkylation sites (N-methyl/N-ethyl adjacent to an activating group) is 1. The first-order chi connectivity index (χ1) is 10.6. The van der Waals surface area contributed by atoms with Gasteiger partial charge in [0.05, 0.1) is 12.1 Å². The maximum absolute atomic E-state index is 12.0. The first kappa shape index (κ1) is 16.6. The van der Waals surface area contributed by atoms with Crippen LogP contribution in [0.2, 0.25) is 0 Å². The van der Waals surface area contributed by atoms with Crippen molar-refractivity contribution in [2.24, 2.45) is 0 Å². The van der Waals surface area contributed by atoms with E-state index in [1.807, 2.05) is 18.2 Å². The predicted molar refractivity (Wildman–Crippen MR) is 92.2 cm³/mol. The molecule has 4 nitrogen and oxygen atoms in total. The molecular formula is C16H17N3OS2. The number of amides is 1. The van der Waals surface area contributed by atoms with Gasteiger partial charge in [-0.05, 0) is 42.4 Å². The number of benzene rings is 1. The third kappa shape index (κ3) is 4.60.